The second kappa shape index (κ2) is 12.7. The van der Waals surface area contributed by atoms with Crippen LogP contribution in [0.3, 0.4) is 0 Å². The number of rotatable bonds is 7. The number of aliphatic hydroxyl groups is 1. The smallest absolute Gasteiger partial charge is 0.351 e. The lowest BCUT2D eigenvalue weighted by molar-refractivity contribution is -0.694. The van der Waals surface area contributed by atoms with E-state index >= 15 is 0 Å². The molecule has 5 N–H and O–H groups in total. The number of carboxylic acids is 2. The number of aromatic hydroxyl groups is 1. The van der Waals surface area contributed by atoms with Crippen LogP contribution in [0.15, 0.2) is 24.3 Å². The number of nitrogens with two attached hydrogens (primary N) is 1. The molecule has 0 bridgehead atoms. The van der Waals surface area contributed by atoms with Gasteiger partial charge in [0.15, 0.2) is 12.3 Å². The molecule has 180 valence electrons. The lowest BCUT2D eigenvalue weighted by Gasteiger charge is -2.42. The minimum Gasteiger partial charge on any atom is -0.539 e. The van der Waals surface area contributed by atoms with E-state index in [1.165, 1.54) is 32.1 Å². The van der Waals surface area contributed by atoms with Gasteiger partial charge in [-0.25, -0.2) is 4.79 Å². The molecule has 1 aromatic carbocycles. The Kier molecular flexibility index (Phi) is 10.4. The van der Waals surface area contributed by atoms with Crippen LogP contribution in [-0.2, 0) is 19.1 Å². The zero-order chi connectivity index (χ0) is 23.6. The van der Waals surface area contributed by atoms with Crippen LogP contribution in [-0.4, -0.2) is 59.3 Å². The summed E-state index contributed by atoms with van der Waals surface area (Å²) in [6.45, 7) is 4.68. The van der Waals surface area contributed by atoms with Crippen molar-refractivity contribution in [3.05, 3.63) is 29.8 Å². The summed E-state index contributed by atoms with van der Waals surface area (Å²) >= 11 is 0. The normalized spacial score (nSPS) is 20.1. The molecule has 32 heavy (non-hydrogen) atoms. The van der Waals surface area contributed by atoms with Crippen molar-refractivity contribution in [3.63, 3.8) is 0 Å². The van der Waals surface area contributed by atoms with Gasteiger partial charge in [-0.2, -0.15) is 0 Å². The molecule has 0 amide bonds. The number of aliphatic hydroxyl groups excluding tert-OH is 1. The number of carboxylic acid groups (broad SMARTS) is 2. The number of phenols is 1. The topological polar surface area (TPSA) is 153 Å². The third-order valence-corrected chi connectivity index (χ3v) is 6.15. The number of phenolic OH excluding ortho intramolecular Hbond substituents is 1. The first-order chi connectivity index (χ1) is 15.2. The molecule has 1 saturated heterocycles. The molecular weight excluding hydrogens is 418 g/mol. The van der Waals surface area contributed by atoms with Crippen LogP contribution in [0.25, 0.3) is 0 Å². The van der Waals surface area contributed by atoms with Gasteiger partial charge in [0.1, 0.15) is 17.9 Å². The minimum atomic E-state index is -2.07. The number of aliphatic carboxylic acids is 2. The summed E-state index contributed by atoms with van der Waals surface area (Å²) in [7, 11) is 0. The number of carbonyl (C=O) groups excluding carboxylic acids is 1. The fourth-order valence-corrected chi connectivity index (χ4v) is 4.16. The second-order valence-electron chi connectivity index (χ2n) is 8.77. The average Bonchev–Trinajstić information content (AvgIpc) is 2.79. The van der Waals surface area contributed by atoms with Crippen LogP contribution < -0.4 is 10.4 Å². The SMILES string of the molecule is CC([NH2+]CCCC1OCC2(CCCCC2)CO1)C(O)c1ccc(O)cc1.O=C([O-])C(=O)O. The highest BCUT2D eigenvalue weighted by atomic mass is 16.7. The molecule has 1 saturated carbocycles. The Morgan fingerprint density at radius 2 is 1.72 bits per heavy atom. The van der Waals surface area contributed by atoms with Crippen molar-refractivity contribution in [2.75, 3.05) is 19.8 Å². The third-order valence-electron chi connectivity index (χ3n) is 6.15. The summed E-state index contributed by atoms with van der Waals surface area (Å²) in [6, 6.07) is 6.84. The maximum absolute atomic E-state index is 10.4. The summed E-state index contributed by atoms with van der Waals surface area (Å²) in [4.78, 5) is 18.0. The van der Waals surface area contributed by atoms with Crippen LogP contribution in [0, 0.1) is 5.41 Å². The quantitative estimate of drug-likeness (QED) is 0.340. The van der Waals surface area contributed by atoms with Gasteiger partial charge < -0.3 is 40.0 Å². The first-order valence-electron chi connectivity index (χ1n) is 11.2. The zero-order valence-electron chi connectivity index (χ0n) is 18.6. The molecule has 1 aromatic rings. The number of quaternary nitrogens is 1. The average molecular weight is 454 g/mol. The number of carbonyl (C=O) groups is 2. The number of ether oxygens (including phenoxy) is 2. The number of hydrogen-bond donors (Lipinski definition) is 4. The van der Waals surface area contributed by atoms with Gasteiger partial charge in [0.05, 0.1) is 19.8 Å². The molecule has 1 spiro atoms. The van der Waals surface area contributed by atoms with Crippen LogP contribution in [0.4, 0.5) is 0 Å². The Morgan fingerprint density at radius 3 is 2.25 bits per heavy atom. The van der Waals surface area contributed by atoms with Crippen molar-refractivity contribution in [1.29, 1.82) is 0 Å². The van der Waals surface area contributed by atoms with E-state index in [9.17, 15) is 10.2 Å². The first kappa shape index (κ1) is 26.1. The van der Waals surface area contributed by atoms with Gasteiger partial charge >= 0.3 is 5.97 Å². The van der Waals surface area contributed by atoms with E-state index in [1.54, 1.807) is 24.3 Å². The zero-order valence-corrected chi connectivity index (χ0v) is 18.6. The molecule has 2 atom stereocenters. The maximum Gasteiger partial charge on any atom is 0.351 e. The molecule has 0 radical (unpaired) electrons. The summed E-state index contributed by atoms with van der Waals surface area (Å²) in [5.74, 6) is -3.79. The summed E-state index contributed by atoms with van der Waals surface area (Å²) < 4.78 is 12.0. The number of hydrogen-bond acceptors (Lipinski definition) is 7. The Morgan fingerprint density at radius 1 is 1.16 bits per heavy atom. The Balaban J connectivity index is 0.000000534. The fourth-order valence-electron chi connectivity index (χ4n) is 4.16. The van der Waals surface area contributed by atoms with Gasteiger partial charge in [0.2, 0.25) is 0 Å². The monoisotopic (exact) mass is 453 g/mol. The fraction of sp³-hybridized carbons (Fsp3) is 0.652. The molecule has 0 aromatic heterocycles. The highest BCUT2D eigenvalue weighted by Crippen LogP contribution is 2.39. The van der Waals surface area contributed by atoms with Gasteiger partial charge in [-0.15, -0.1) is 0 Å². The Hall–Kier alpha value is -2.20. The van der Waals surface area contributed by atoms with Gasteiger partial charge in [0.25, 0.3) is 0 Å². The van der Waals surface area contributed by atoms with Gasteiger partial charge in [-0.3, -0.25) is 0 Å². The second-order valence-corrected chi connectivity index (χ2v) is 8.77. The predicted octanol–water partition coefficient (Wildman–Crippen LogP) is 0.302. The van der Waals surface area contributed by atoms with Crippen molar-refractivity contribution in [2.45, 2.75) is 70.3 Å². The standard InChI is InChI=1S/C21H33NO4.C2H2O4/c1-16(20(24)17-7-9-18(23)10-8-17)22-13-5-6-19-25-14-21(15-26-19)11-3-2-4-12-21;3-1(4)2(5)6/h7-10,16,19-20,22-24H,2-6,11-15H2,1H3;(H,3,4)(H,5,6). The van der Waals surface area contributed by atoms with Gasteiger partial charge in [0, 0.05) is 18.3 Å². The highest BCUT2D eigenvalue weighted by Gasteiger charge is 2.37. The van der Waals surface area contributed by atoms with Crippen molar-refractivity contribution in [3.8, 4) is 5.75 Å². The van der Waals surface area contributed by atoms with Crippen molar-refractivity contribution < 1.29 is 44.8 Å². The van der Waals surface area contributed by atoms with E-state index in [0.29, 0.717) is 5.41 Å². The molecule has 3 rings (SSSR count). The largest absolute Gasteiger partial charge is 0.539 e. The molecular formula is C23H35NO8. The van der Waals surface area contributed by atoms with E-state index < -0.39 is 18.0 Å². The van der Waals surface area contributed by atoms with Crippen LogP contribution in [0.5, 0.6) is 5.75 Å². The van der Waals surface area contributed by atoms with Gasteiger partial charge in [-0.05, 0) is 37.5 Å². The Labute approximate surface area is 188 Å². The predicted molar refractivity (Wildman–Crippen MR) is 112 cm³/mol. The molecule has 1 heterocycles. The van der Waals surface area contributed by atoms with E-state index in [0.717, 1.165) is 38.2 Å². The molecule has 2 fully saturated rings. The molecule has 1 aliphatic heterocycles. The number of benzene rings is 1. The summed E-state index contributed by atoms with van der Waals surface area (Å²) in [5.41, 5.74) is 1.13. The molecule has 1 aliphatic carbocycles. The molecule has 2 aliphatic rings. The molecule has 2 unspecified atom stereocenters. The Bertz CT molecular complexity index is 695. The van der Waals surface area contributed by atoms with E-state index in [1.807, 2.05) is 6.92 Å². The molecule has 9 heteroatoms. The summed E-state index contributed by atoms with van der Waals surface area (Å²) in [6.07, 6.45) is 7.80. The first-order valence-corrected chi connectivity index (χ1v) is 11.2. The van der Waals surface area contributed by atoms with Crippen LogP contribution >= 0.6 is 0 Å². The van der Waals surface area contributed by atoms with Crippen molar-refractivity contribution in [1.82, 2.24) is 0 Å². The van der Waals surface area contributed by atoms with E-state index in [-0.39, 0.29) is 18.1 Å². The molecule has 9 nitrogen and oxygen atoms in total. The van der Waals surface area contributed by atoms with Crippen molar-refractivity contribution >= 4 is 11.9 Å². The van der Waals surface area contributed by atoms with Crippen LogP contribution in [0.2, 0.25) is 0 Å². The highest BCUT2D eigenvalue weighted by molar-refractivity contribution is 6.26. The van der Waals surface area contributed by atoms with Gasteiger partial charge in [-0.1, -0.05) is 31.4 Å². The van der Waals surface area contributed by atoms with E-state index in [4.69, 9.17) is 29.3 Å². The third kappa shape index (κ3) is 8.38. The lowest BCUT2D eigenvalue weighted by Crippen LogP contribution is -2.90. The van der Waals surface area contributed by atoms with Crippen LogP contribution in [0.1, 0.15) is 63.5 Å². The minimum absolute atomic E-state index is 0.0618. The lowest BCUT2D eigenvalue weighted by atomic mass is 9.75. The maximum atomic E-state index is 10.4. The van der Waals surface area contributed by atoms with Crippen molar-refractivity contribution in [2.24, 2.45) is 5.41 Å². The summed E-state index contributed by atoms with van der Waals surface area (Å²) in [5, 5.41) is 38.2. The van der Waals surface area contributed by atoms with E-state index in [2.05, 4.69) is 5.32 Å².